The van der Waals surface area contributed by atoms with Gasteiger partial charge in [-0.1, -0.05) is 20.8 Å². The minimum atomic E-state index is -3.68. The van der Waals surface area contributed by atoms with E-state index in [9.17, 15) is 13.5 Å². The van der Waals surface area contributed by atoms with E-state index in [-0.39, 0.29) is 11.1 Å². The fourth-order valence-electron chi connectivity index (χ4n) is 2.33. The summed E-state index contributed by atoms with van der Waals surface area (Å²) in [6, 6.07) is 2.86. The Morgan fingerprint density at radius 1 is 1.43 bits per heavy atom. The number of aliphatic hydroxyl groups is 1. The van der Waals surface area contributed by atoms with E-state index in [1.54, 1.807) is 6.07 Å². The van der Waals surface area contributed by atoms with Gasteiger partial charge in [-0.15, -0.1) is 0 Å². The summed E-state index contributed by atoms with van der Waals surface area (Å²) in [6.45, 7) is 7.11. The van der Waals surface area contributed by atoms with Crippen LogP contribution in [0.4, 0.5) is 0 Å². The van der Waals surface area contributed by atoms with Gasteiger partial charge >= 0.3 is 0 Å². The summed E-state index contributed by atoms with van der Waals surface area (Å²) >= 11 is 0. The summed E-state index contributed by atoms with van der Waals surface area (Å²) in [5, 5.41) is 12.8. The normalized spacial score (nSPS) is 24.8. The van der Waals surface area contributed by atoms with Gasteiger partial charge in [0.2, 0.25) is 5.09 Å². The first-order valence-electron chi connectivity index (χ1n) is 7.27. The molecule has 7 heteroatoms. The smallest absolute Gasteiger partial charge is 0.274 e. The molecular formula is C14H24N2O4S. The molecule has 2 unspecified atom stereocenters. The van der Waals surface area contributed by atoms with Crippen LogP contribution in [0.3, 0.4) is 0 Å². The number of sulfonamides is 1. The van der Waals surface area contributed by atoms with Crippen molar-refractivity contribution in [1.82, 2.24) is 10.0 Å². The van der Waals surface area contributed by atoms with Crippen molar-refractivity contribution < 1.29 is 17.9 Å². The zero-order valence-electron chi connectivity index (χ0n) is 12.7. The SMILES string of the molecule is CCCNCc1ccc(S(=O)(=O)NC2CC(O)C2(C)C)o1. The average molecular weight is 316 g/mol. The number of furan rings is 1. The summed E-state index contributed by atoms with van der Waals surface area (Å²) < 4.78 is 32.5. The van der Waals surface area contributed by atoms with E-state index in [1.165, 1.54) is 6.07 Å². The van der Waals surface area contributed by atoms with E-state index >= 15 is 0 Å². The molecule has 0 saturated heterocycles. The van der Waals surface area contributed by atoms with Crippen LogP contribution in [0, 0.1) is 5.41 Å². The van der Waals surface area contributed by atoms with Gasteiger partial charge in [0.25, 0.3) is 10.0 Å². The van der Waals surface area contributed by atoms with E-state index < -0.39 is 21.5 Å². The third-order valence-corrected chi connectivity index (χ3v) is 5.49. The van der Waals surface area contributed by atoms with E-state index in [1.807, 2.05) is 13.8 Å². The lowest BCUT2D eigenvalue weighted by molar-refractivity contribution is -0.0646. The van der Waals surface area contributed by atoms with Crippen LogP contribution in [-0.4, -0.2) is 32.2 Å². The van der Waals surface area contributed by atoms with Gasteiger partial charge in [-0.3, -0.25) is 0 Å². The van der Waals surface area contributed by atoms with Crippen molar-refractivity contribution in [2.24, 2.45) is 5.41 Å². The van der Waals surface area contributed by atoms with Gasteiger partial charge in [0.15, 0.2) is 0 Å². The monoisotopic (exact) mass is 316 g/mol. The Labute approximate surface area is 126 Å². The molecule has 1 aromatic heterocycles. The van der Waals surface area contributed by atoms with Crippen LogP contribution in [0.5, 0.6) is 0 Å². The molecule has 1 aliphatic rings. The van der Waals surface area contributed by atoms with Crippen LogP contribution in [0.2, 0.25) is 0 Å². The van der Waals surface area contributed by atoms with Crippen molar-refractivity contribution in [2.45, 2.75) is 57.4 Å². The van der Waals surface area contributed by atoms with Crippen molar-refractivity contribution in [2.75, 3.05) is 6.54 Å². The Bertz CT molecular complexity index is 580. The zero-order valence-corrected chi connectivity index (χ0v) is 13.5. The maximum atomic E-state index is 12.3. The molecule has 0 aliphatic heterocycles. The molecule has 0 spiro atoms. The first-order chi connectivity index (χ1) is 9.77. The van der Waals surface area contributed by atoms with Gasteiger partial charge in [-0.05, 0) is 31.5 Å². The van der Waals surface area contributed by atoms with Gasteiger partial charge in [0.1, 0.15) is 5.76 Å². The molecule has 1 saturated carbocycles. The summed E-state index contributed by atoms with van der Waals surface area (Å²) in [6.07, 6.45) is 0.959. The van der Waals surface area contributed by atoms with E-state index in [2.05, 4.69) is 17.0 Å². The van der Waals surface area contributed by atoms with Crippen LogP contribution in [0.1, 0.15) is 39.4 Å². The lowest BCUT2D eigenvalue weighted by Gasteiger charge is -2.48. The Balaban J connectivity index is 2.00. The first kappa shape index (κ1) is 16.5. The van der Waals surface area contributed by atoms with Gasteiger partial charge in [-0.25, -0.2) is 13.1 Å². The predicted octanol–water partition coefficient (Wildman–Crippen LogP) is 1.22. The quantitative estimate of drug-likeness (QED) is 0.658. The molecule has 2 rings (SSSR count). The molecule has 1 aliphatic carbocycles. The summed E-state index contributed by atoms with van der Waals surface area (Å²) in [5.41, 5.74) is -0.453. The molecule has 6 nitrogen and oxygen atoms in total. The van der Waals surface area contributed by atoms with Gasteiger partial charge in [-0.2, -0.15) is 0 Å². The maximum absolute atomic E-state index is 12.3. The van der Waals surface area contributed by atoms with Crippen LogP contribution in [0.25, 0.3) is 0 Å². The van der Waals surface area contributed by atoms with Crippen LogP contribution in [0.15, 0.2) is 21.6 Å². The van der Waals surface area contributed by atoms with Crippen molar-refractivity contribution in [3.05, 3.63) is 17.9 Å². The van der Waals surface area contributed by atoms with Crippen molar-refractivity contribution in [1.29, 1.82) is 0 Å². The highest BCUT2D eigenvalue weighted by Gasteiger charge is 2.49. The highest BCUT2D eigenvalue weighted by atomic mass is 32.2. The second-order valence-corrected chi connectivity index (χ2v) is 7.79. The molecule has 21 heavy (non-hydrogen) atoms. The molecule has 0 amide bonds. The van der Waals surface area contributed by atoms with E-state index in [4.69, 9.17) is 4.42 Å². The molecule has 1 aromatic rings. The lowest BCUT2D eigenvalue weighted by Crippen LogP contribution is -2.61. The third-order valence-electron chi connectivity index (χ3n) is 4.14. The van der Waals surface area contributed by atoms with Crippen molar-refractivity contribution >= 4 is 10.0 Å². The minimum Gasteiger partial charge on any atom is -0.447 e. The fraction of sp³-hybridized carbons (Fsp3) is 0.714. The number of aliphatic hydroxyl groups excluding tert-OH is 1. The first-order valence-corrected chi connectivity index (χ1v) is 8.75. The van der Waals surface area contributed by atoms with Crippen molar-refractivity contribution in [3.63, 3.8) is 0 Å². The van der Waals surface area contributed by atoms with E-state index in [0.717, 1.165) is 13.0 Å². The molecule has 1 heterocycles. The minimum absolute atomic E-state index is 0.0759. The lowest BCUT2D eigenvalue weighted by atomic mass is 9.65. The summed E-state index contributed by atoms with van der Waals surface area (Å²) in [5.74, 6) is 0.594. The molecule has 0 radical (unpaired) electrons. The van der Waals surface area contributed by atoms with Gasteiger partial charge < -0.3 is 14.8 Å². The van der Waals surface area contributed by atoms with Gasteiger partial charge in [0, 0.05) is 11.5 Å². The molecule has 0 aromatic carbocycles. The molecule has 2 atom stereocenters. The molecular weight excluding hydrogens is 292 g/mol. The highest BCUT2D eigenvalue weighted by Crippen LogP contribution is 2.41. The molecule has 1 fully saturated rings. The Morgan fingerprint density at radius 3 is 2.71 bits per heavy atom. The number of hydrogen-bond donors (Lipinski definition) is 3. The zero-order chi connectivity index (χ0) is 15.7. The highest BCUT2D eigenvalue weighted by molar-refractivity contribution is 7.89. The maximum Gasteiger partial charge on any atom is 0.274 e. The van der Waals surface area contributed by atoms with Crippen molar-refractivity contribution in [3.8, 4) is 0 Å². The third kappa shape index (κ3) is 3.48. The standard InChI is InChI=1S/C14H24N2O4S/c1-4-7-15-9-10-5-6-13(20-10)21(18,19)16-11-8-12(17)14(11,2)3/h5-6,11-12,15-17H,4,7-9H2,1-3H3. The largest absolute Gasteiger partial charge is 0.447 e. The second-order valence-electron chi connectivity index (χ2n) is 6.14. The van der Waals surface area contributed by atoms with Crippen LogP contribution < -0.4 is 10.0 Å². The number of hydrogen-bond acceptors (Lipinski definition) is 5. The van der Waals surface area contributed by atoms with Crippen LogP contribution in [-0.2, 0) is 16.6 Å². The van der Waals surface area contributed by atoms with Crippen LogP contribution >= 0.6 is 0 Å². The Hall–Kier alpha value is -0.890. The topological polar surface area (TPSA) is 91.6 Å². The number of nitrogens with one attached hydrogen (secondary N) is 2. The summed E-state index contributed by atoms with van der Waals surface area (Å²) in [4.78, 5) is 0. The van der Waals surface area contributed by atoms with Gasteiger partial charge in [0.05, 0.1) is 12.6 Å². The molecule has 0 bridgehead atoms. The summed E-state index contributed by atoms with van der Waals surface area (Å²) in [7, 11) is -3.68. The average Bonchev–Trinajstić information content (AvgIpc) is 2.88. The Kier molecular flexibility index (Phi) is 4.77. The predicted molar refractivity (Wildman–Crippen MR) is 79.2 cm³/mol. The van der Waals surface area contributed by atoms with E-state index in [0.29, 0.717) is 18.7 Å². The Morgan fingerprint density at radius 2 is 2.14 bits per heavy atom. The number of rotatable bonds is 7. The molecule has 3 N–H and O–H groups in total. The fourth-order valence-corrected chi connectivity index (χ4v) is 3.69. The molecule has 120 valence electrons. The second kappa shape index (κ2) is 6.08.